The number of hydrogen-bond donors (Lipinski definition) is 1. The van der Waals surface area contributed by atoms with Crippen LogP contribution in [0.3, 0.4) is 0 Å². The first kappa shape index (κ1) is 15.9. The topological polar surface area (TPSA) is 77.0 Å². The first-order chi connectivity index (χ1) is 11.1. The van der Waals surface area contributed by atoms with Crippen molar-refractivity contribution in [3.63, 3.8) is 0 Å². The number of rotatable bonds is 4. The molecule has 2 aromatic heterocycles. The highest BCUT2D eigenvalue weighted by atomic mass is 16.2. The molecule has 2 aromatic rings. The minimum absolute atomic E-state index is 0.0558. The quantitative estimate of drug-likeness (QED) is 0.938. The Kier molecular flexibility index (Phi) is 4.61. The highest BCUT2D eigenvalue weighted by Crippen LogP contribution is 2.22. The predicted octanol–water partition coefficient (Wildman–Crippen LogP) is 2.21. The summed E-state index contributed by atoms with van der Waals surface area (Å²) in [5.74, 6) is 0.578. The van der Waals surface area contributed by atoms with Crippen LogP contribution in [0.25, 0.3) is 11.2 Å². The molecular formula is C17H25N5O. The smallest absolute Gasteiger partial charge is 0.255 e. The van der Waals surface area contributed by atoms with Crippen LogP contribution in [0.5, 0.6) is 0 Å². The summed E-state index contributed by atoms with van der Waals surface area (Å²) in [7, 11) is 0. The Bertz CT molecular complexity index is 691. The minimum Gasteiger partial charge on any atom is -0.338 e. The maximum Gasteiger partial charge on any atom is 0.255 e. The zero-order valence-corrected chi connectivity index (χ0v) is 13.9. The number of nitrogens with two attached hydrogens (primary N) is 1. The van der Waals surface area contributed by atoms with Crippen molar-refractivity contribution in [2.24, 2.45) is 11.7 Å². The van der Waals surface area contributed by atoms with Crippen molar-refractivity contribution < 1.29 is 4.79 Å². The normalized spacial score (nSPS) is 18.8. The van der Waals surface area contributed by atoms with Gasteiger partial charge in [0, 0.05) is 25.3 Å². The summed E-state index contributed by atoms with van der Waals surface area (Å²) in [4.78, 5) is 23.5. The maximum atomic E-state index is 12.8. The SMILES string of the molecule is CC(C)n1cnc2cc(C(=O)N3CCCC(CCN)C3)cnc21. The van der Waals surface area contributed by atoms with Gasteiger partial charge in [0.25, 0.3) is 5.91 Å². The molecule has 1 saturated heterocycles. The molecule has 1 unspecified atom stereocenters. The summed E-state index contributed by atoms with van der Waals surface area (Å²) in [6.45, 7) is 6.49. The number of carbonyl (C=O) groups excluding carboxylic acids is 1. The number of imidazole rings is 1. The van der Waals surface area contributed by atoms with Gasteiger partial charge in [0.1, 0.15) is 5.52 Å². The monoisotopic (exact) mass is 315 g/mol. The van der Waals surface area contributed by atoms with Crippen LogP contribution in [0.1, 0.15) is 49.5 Å². The third-order valence-electron chi connectivity index (χ3n) is 4.60. The highest BCUT2D eigenvalue weighted by molar-refractivity contribution is 5.96. The van der Waals surface area contributed by atoms with E-state index >= 15 is 0 Å². The molecular weight excluding hydrogens is 290 g/mol. The Hall–Kier alpha value is -1.95. The van der Waals surface area contributed by atoms with Crippen LogP contribution in [0, 0.1) is 5.92 Å². The molecule has 1 atom stereocenters. The van der Waals surface area contributed by atoms with Gasteiger partial charge >= 0.3 is 0 Å². The molecule has 1 fully saturated rings. The van der Waals surface area contributed by atoms with Crippen LogP contribution in [-0.4, -0.2) is 45.0 Å². The molecule has 1 aliphatic rings. The molecule has 3 heterocycles. The molecule has 1 aliphatic heterocycles. The average Bonchev–Trinajstić information content (AvgIpc) is 2.98. The standard InChI is InChI=1S/C17H25N5O/c1-12(2)22-11-20-15-8-14(9-19-16(15)22)17(23)21-7-3-4-13(10-21)5-6-18/h8-9,11-13H,3-7,10,18H2,1-2H3. The maximum absolute atomic E-state index is 12.8. The second kappa shape index (κ2) is 6.66. The van der Waals surface area contributed by atoms with Crippen LogP contribution in [-0.2, 0) is 0 Å². The average molecular weight is 315 g/mol. The van der Waals surface area contributed by atoms with Crippen molar-refractivity contribution in [2.45, 2.75) is 39.2 Å². The molecule has 0 saturated carbocycles. The van der Waals surface area contributed by atoms with E-state index in [1.54, 1.807) is 12.5 Å². The summed E-state index contributed by atoms with van der Waals surface area (Å²) in [5, 5.41) is 0. The molecule has 6 heteroatoms. The second-order valence-corrected chi connectivity index (χ2v) is 6.65. The third-order valence-corrected chi connectivity index (χ3v) is 4.60. The van der Waals surface area contributed by atoms with E-state index in [1.807, 2.05) is 15.5 Å². The predicted molar refractivity (Wildman–Crippen MR) is 90.2 cm³/mol. The van der Waals surface area contributed by atoms with E-state index in [-0.39, 0.29) is 5.91 Å². The van der Waals surface area contributed by atoms with Gasteiger partial charge in [0.2, 0.25) is 0 Å². The summed E-state index contributed by atoms with van der Waals surface area (Å²) in [6, 6.07) is 2.16. The van der Waals surface area contributed by atoms with Crippen LogP contribution in [0.15, 0.2) is 18.6 Å². The van der Waals surface area contributed by atoms with Crippen LogP contribution in [0.2, 0.25) is 0 Å². The van der Waals surface area contributed by atoms with E-state index in [1.165, 1.54) is 0 Å². The lowest BCUT2D eigenvalue weighted by atomic mass is 9.94. The van der Waals surface area contributed by atoms with Crippen LogP contribution >= 0.6 is 0 Å². The first-order valence-corrected chi connectivity index (χ1v) is 8.42. The van der Waals surface area contributed by atoms with E-state index in [4.69, 9.17) is 5.73 Å². The van der Waals surface area contributed by atoms with Crippen LogP contribution in [0.4, 0.5) is 0 Å². The summed E-state index contributed by atoms with van der Waals surface area (Å²) in [6.07, 6.45) is 6.66. The van der Waals surface area contributed by atoms with Gasteiger partial charge in [0.15, 0.2) is 5.65 Å². The largest absolute Gasteiger partial charge is 0.338 e. The highest BCUT2D eigenvalue weighted by Gasteiger charge is 2.24. The lowest BCUT2D eigenvalue weighted by molar-refractivity contribution is 0.0669. The molecule has 2 N–H and O–H groups in total. The van der Waals surface area contributed by atoms with Gasteiger partial charge in [-0.3, -0.25) is 4.79 Å². The van der Waals surface area contributed by atoms with Crippen molar-refractivity contribution in [3.8, 4) is 0 Å². The number of likely N-dealkylation sites (tertiary alicyclic amines) is 1. The van der Waals surface area contributed by atoms with Crippen LogP contribution < -0.4 is 5.73 Å². The Morgan fingerprint density at radius 2 is 2.26 bits per heavy atom. The first-order valence-electron chi connectivity index (χ1n) is 8.42. The molecule has 0 aromatic carbocycles. The number of nitrogens with zero attached hydrogens (tertiary/aromatic N) is 4. The Balaban J connectivity index is 1.80. The van der Waals surface area contributed by atoms with Crippen molar-refractivity contribution in [2.75, 3.05) is 19.6 Å². The molecule has 0 aliphatic carbocycles. The molecule has 124 valence electrons. The zero-order chi connectivity index (χ0) is 16.4. The molecule has 0 bridgehead atoms. The van der Waals surface area contributed by atoms with Gasteiger partial charge < -0.3 is 15.2 Å². The third kappa shape index (κ3) is 3.22. The molecule has 0 spiro atoms. The number of aromatic nitrogens is 3. The molecule has 1 amide bonds. The van der Waals surface area contributed by atoms with E-state index in [9.17, 15) is 4.79 Å². The minimum atomic E-state index is 0.0558. The molecule has 23 heavy (non-hydrogen) atoms. The number of piperidine rings is 1. The number of pyridine rings is 1. The number of amides is 1. The second-order valence-electron chi connectivity index (χ2n) is 6.65. The Morgan fingerprint density at radius 1 is 1.43 bits per heavy atom. The molecule has 0 radical (unpaired) electrons. The van der Waals surface area contributed by atoms with E-state index in [0.717, 1.165) is 43.5 Å². The van der Waals surface area contributed by atoms with E-state index in [2.05, 4.69) is 23.8 Å². The van der Waals surface area contributed by atoms with Gasteiger partial charge in [0.05, 0.1) is 11.9 Å². The van der Waals surface area contributed by atoms with Gasteiger partial charge in [-0.25, -0.2) is 9.97 Å². The lowest BCUT2D eigenvalue weighted by Gasteiger charge is -2.32. The van der Waals surface area contributed by atoms with E-state index in [0.29, 0.717) is 24.1 Å². The van der Waals surface area contributed by atoms with Crippen molar-refractivity contribution in [3.05, 3.63) is 24.2 Å². The fourth-order valence-corrected chi connectivity index (χ4v) is 3.32. The fraction of sp³-hybridized carbons (Fsp3) is 0.588. The van der Waals surface area contributed by atoms with Crippen molar-refractivity contribution in [1.82, 2.24) is 19.4 Å². The summed E-state index contributed by atoms with van der Waals surface area (Å²) in [5.41, 5.74) is 7.89. The van der Waals surface area contributed by atoms with E-state index < -0.39 is 0 Å². The molecule has 3 rings (SSSR count). The van der Waals surface area contributed by atoms with Crippen molar-refractivity contribution >= 4 is 17.1 Å². The number of hydrogen-bond acceptors (Lipinski definition) is 4. The Labute approximate surface area is 136 Å². The summed E-state index contributed by atoms with van der Waals surface area (Å²) >= 11 is 0. The molecule has 6 nitrogen and oxygen atoms in total. The van der Waals surface area contributed by atoms with Gasteiger partial charge in [-0.15, -0.1) is 0 Å². The van der Waals surface area contributed by atoms with Gasteiger partial charge in [-0.2, -0.15) is 0 Å². The Morgan fingerprint density at radius 3 is 3.00 bits per heavy atom. The summed E-state index contributed by atoms with van der Waals surface area (Å²) < 4.78 is 2.02. The van der Waals surface area contributed by atoms with Gasteiger partial charge in [-0.05, 0) is 51.6 Å². The lowest BCUT2D eigenvalue weighted by Crippen LogP contribution is -2.40. The van der Waals surface area contributed by atoms with Crippen molar-refractivity contribution in [1.29, 1.82) is 0 Å². The number of fused-ring (bicyclic) bond motifs is 1. The fourth-order valence-electron chi connectivity index (χ4n) is 3.32. The van der Waals surface area contributed by atoms with Gasteiger partial charge in [-0.1, -0.05) is 0 Å². The zero-order valence-electron chi connectivity index (χ0n) is 13.9. The number of carbonyl (C=O) groups is 1.